The van der Waals surface area contributed by atoms with Crippen molar-refractivity contribution in [3.63, 3.8) is 0 Å². The first kappa shape index (κ1) is 17.4. The van der Waals surface area contributed by atoms with Gasteiger partial charge in [0.15, 0.2) is 0 Å². The lowest BCUT2D eigenvalue weighted by Gasteiger charge is -2.37. The van der Waals surface area contributed by atoms with E-state index in [2.05, 4.69) is 13.8 Å². The first-order valence-electron chi connectivity index (χ1n) is 8.13. The zero-order chi connectivity index (χ0) is 17.6. The van der Waals surface area contributed by atoms with Crippen molar-refractivity contribution in [3.05, 3.63) is 0 Å². The number of halogens is 6. The fraction of sp³-hybridized carbons (Fsp3) is 1.00. The molecule has 0 aromatic carbocycles. The molecule has 3 fully saturated rings. The molecule has 0 aromatic heterocycles. The van der Waals surface area contributed by atoms with E-state index in [1.165, 1.54) is 0 Å². The lowest BCUT2D eigenvalue weighted by atomic mass is 9.73. The molecule has 6 atom stereocenters. The fourth-order valence-corrected chi connectivity index (χ4v) is 6.21. The summed E-state index contributed by atoms with van der Waals surface area (Å²) < 4.78 is 77.8. The number of alkyl halides is 6. The predicted octanol–water partition coefficient (Wildman–Crippen LogP) is 4.80. The molecule has 3 saturated carbocycles. The summed E-state index contributed by atoms with van der Waals surface area (Å²) in [6.45, 7) is 6.08. The molecule has 6 unspecified atom stereocenters. The summed E-state index contributed by atoms with van der Waals surface area (Å²) in [5.74, 6) is 0.664. The van der Waals surface area contributed by atoms with Crippen LogP contribution in [0.2, 0.25) is 0 Å². The Kier molecular flexibility index (Phi) is 3.46. The second-order valence-corrected chi connectivity index (χ2v) is 8.20. The van der Waals surface area contributed by atoms with Gasteiger partial charge in [0.2, 0.25) is 0 Å². The van der Waals surface area contributed by atoms with E-state index in [0.29, 0.717) is 18.3 Å². The molecule has 134 valence electrons. The lowest BCUT2D eigenvalue weighted by molar-refractivity contribution is -0.373. The van der Waals surface area contributed by atoms with Crippen molar-refractivity contribution in [2.45, 2.75) is 58.0 Å². The molecule has 2 bridgehead atoms. The van der Waals surface area contributed by atoms with Crippen LogP contribution in [0.4, 0.5) is 26.3 Å². The molecule has 7 heteroatoms. The SMILES string of the molecule is CC(C)C1C2CC(CC(O)(C(F)(F)F)C(F)(F)F)C3(C2)C(C)C13. The summed E-state index contributed by atoms with van der Waals surface area (Å²) in [6.07, 6.45) is -11.6. The Morgan fingerprint density at radius 2 is 1.61 bits per heavy atom. The van der Waals surface area contributed by atoms with Crippen LogP contribution in [0.15, 0.2) is 0 Å². The average Bonchev–Trinajstić information content (AvgIpc) is 2.71. The van der Waals surface area contributed by atoms with E-state index >= 15 is 0 Å². The van der Waals surface area contributed by atoms with Gasteiger partial charge in [-0.3, -0.25) is 0 Å². The second kappa shape index (κ2) is 4.58. The number of hydrogen-bond donors (Lipinski definition) is 1. The van der Waals surface area contributed by atoms with Gasteiger partial charge in [-0.2, -0.15) is 26.3 Å². The van der Waals surface area contributed by atoms with E-state index in [9.17, 15) is 31.4 Å². The van der Waals surface area contributed by atoms with Crippen LogP contribution in [-0.2, 0) is 0 Å². The summed E-state index contributed by atoms with van der Waals surface area (Å²) in [5.41, 5.74) is -5.01. The second-order valence-electron chi connectivity index (χ2n) is 8.20. The van der Waals surface area contributed by atoms with Crippen molar-refractivity contribution in [1.29, 1.82) is 0 Å². The van der Waals surface area contributed by atoms with E-state index < -0.39 is 35.7 Å². The van der Waals surface area contributed by atoms with E-state index in [0.717, 1.165) is 6.42 Å². The van der Waals surface area contributed by atoms with Crippen LogP contribution in [-0.4, -0.2) is 23.1 Å². The van der Waals surface area contributed by atoms with Gasteiger partial charge in [0.05, 0.1) is 0 Å². The minimum absolute atomic E-state index is 0.157. The third-order valence-corrected chi connectivity index (χ3v) is 7.07. The zero-order valence-electron chi connectivity index (χ0n) is 13.3. The largest absolute Gasteiger partial charge is 0.426 e. The smallest absolute Gasteiger partial charge is 0.374 e. The maximum atomic E-state index is 13.0. The number of aliphatic hydroxyl groups is 1. The zero-order valence-corrected chi connectivity index (χ0v) is 13.3. The van der Waals surface area contributed by atoms with Crippen molar-refractivity contribution in [2.75, 3.05) is 0 Å². The topological polar surface area (TPSA) is 20.2 Å². The van der Waals surface area contributed by atoms with Crippen LogP contribution in [0.3, 0.4) is 0 Å². The third kappa shape index (κ3) is 2.04. The molecule has 0 saturated heterocycles. The lowest BCUT2D eigenvalue weighted by Crippen LogP contribution is -2.58. The van der Waals surface area contributed by atoms with Gasteiger partial charge in [-0.05, 0) is 60.2 Å². The van der Waals surface area contributed by atoms with E-state index in [4.69, 9.17) is 0 Å². The van der Waals surface area contributed by atoms with E-state index in [-0.39, 0.29) is 17.8 Å². The molecule has 0 heterocycles. The summed E-state index contributed by atoms with van der Waals surface area (Å²) in [5, 5.41) is 9.52. The number of hydrogen-bond acceptors (Lipinski definition) is 1. The Bertz CT molecular complexity index is 482. The predicted molar refractivity (Wildman–Crippen MR) is 71.3 cm³/mol. The molecule has 0 amide bonds. The van der Waals surface area contributed by atoms with Crippen molar-refractivity contribution in [1.82, 2.24) is 0 Å². The van der Waals surface area contributed by atoms with Crippen molar-refractivity contribution >= 4 is 0 Å². The van der Waals surface area contributed by atoms with Crippen molar-refractivity contribution in [3.8, 4) is 0 Å². The van der Waals surface area contributed by atoms with Gasteiger partial charge in [-0.1, -0.05) is 20.8 Å². The van der Waals surface area contributed by atoms with E-state index in [1.807, 2.05) is 6.92 Å². The van der Waals surface area contributed by atoms with Crippen LogP contribution in [0.25, 0.3) is 0 Å². The molecular weight excluding hydrogens is 322 g/mol. The van der Waals surface area contributed by atoms with Gasteiger partial charge < -0.3 is 5.11 Å². The Morgan fingerprint density at radius 1 is 1.09 bits per heavy atom. The van der Waals surface area contributed by atoms with Gasteiger partial charge in [-0.25, -0.2) is 0 Å². The highest BCUT2D eigenvalue weighted by molar-refractivity contribution is 5.25. The molecule has 1 nitrogen and oxygen atoms in total. The van der Waals surface area contributed by atoms with Crippen LogP contribution in [0.5, 0.6) is 0 Å². The molecule has 1 spiro atoms. The highest BCUT2D eigenvalue weighted by Crippen LogP contribution is 2.83. The quantitative estimate of drug-likeness (QED) is 0.730. The number of fused-ring (bicyclic) bond motifs is 1. The van der Waals surface area contributed by atoms with E-state index in [1.54, 1.807) is 0 Å². The monoisotopic (exact) mass is 344 g/mol. The number of rotatable bonds is 3. The Hall–Kier alpha value is -0.460. The minimum atomic E-state index is -5.70. The summed E-state index contributed by atoms with van der Waals surface area (Å²) in [6, 6.07) is 0. The molecule has 23 heavy (non-hydrogen) atoms. The first-order valence-corrected chi connectivity index (χ1v) is 8.13. The summed E-state index contributed by atoms with van der Waals surface area (Å²) in [4.78, 5) is 0. The Morgan fingerprint density at radius 3 is 2.04 bits per heavy atom. The van der Waals surface area contributed by atoms with Crippen LogP contribution in [0, 0.1) is 40.9 Å². The van der Waals surface area contributed by atoms with Crippen LogP contribution in [0.1, 0.15) is 40.0 Å². The normalized spacial score (nSPS) is 43.2. The molecule has 0 aromatic rings. The maximum Gasteiger partial charge on any atom is 0.426 e. The third-order valence-electron chi connectivity index (χ3n) is 7.07. The van der Waals surface area contributed by atoms with Crippen LogP contribution >= 0.6 is 0 Å². The highest BCUT2D eigenvalue weighted by Gasteiger charge is 2.80. The first-order chi connectivity index (χ1) is 10.3. The molecular formula is C16H22F6O. The average molecular weight is 344 g/mol. The Balaban J connectivity index is 1.86. The Labute approximate surface area is 131 Å². The van der Waals surface area contributed by atoms with Gasteiger partial charge >= 0.3 is 12.4 Å². The van der Waals surface area contributed by atoms with Crippen molar-refractivity contribution in [2.24, 2.45) is 40.9 Å². The molecule has 0 radical (unpaired) electrons. The van der Waals surface area contributed by atoms with Gasteiger partial charge in [0, 0.05) is 0 Å². The van der Waals surface area contributed by atoms with Gasteiger partial charge in [0.25, 0.3) is 5.60 Å². The molecule has 0 aliphatic heterocycles. The van der Waals surface area contributed by atoms with Crippen LogP contribution < -0.4 is 0 Å². The molecule has 3 aliphatic rings. The molecule has 1 N–H and O–H groups in total. The maximum absolute atomic E-state index is 13.0. The standard InChI is InChI=1S/C16H22F6O/c1-7(2)11-9-4-10(13(5-9)8(3)12(11)13)6-14(23,15(17,18)19)16(20,21)22/h7-12,23H,4-6H2,1-3H3. The van der Waals surface area contributed by atoms with Crippen molar-refractivity contribution < 1.29 is 31.4 Å². The minimum Gasteiger partial charge on any atom is -0.374 e. The summed E-state index contributed by atoms with van der Waals surface area (Å²) in [7, 11) is 0. The molecule has 3 rings (SSSR count). The van der Waals surface area contributed by atoms with Gasteiger partial charge in [0.1, 0.15) is 0 Å². The summed E-state index contributed by atoms with van der Waals surface area (Å²) >= 11 is 0. The van der Waals surface area contributed by atoms with Gasteiger partial charge in [-0.15, -0.1) is 0 Å². The fourth-order valence-electron chi connectivity index (χ4n) is 6.21. The molecule has 3 aliphatic carbocycles. The highest BCUT2D eigenvalue weighted by atomic mass is 19.4.